The van der Waals surface area contributed by atoms with Gasteiger partial charge in [-0.25, -0.2) is 0 Å². The molecule has 6 N–H and O–H groups in total. The predicted octanol–water partition coefficient (Wildman–Crippen LogP) is 17.2. The highest BCUT2D eigenvalue weighted by molar-refractivity contribution is 5.76. The number of nitrogens with one attached hydrogen (secondary N) is 1. The topological polar surface area (TPSA) is 175 Å². The van der Waals surface area contributed by atoms with Crippen LogP contribution in [0.15, 0.2) is 48.6 Å². The molecule has 1 aliphatic heterocycles. The molecule has 1 fully saturated rings. The highest BCUT2D eigenvalue weighted by Crippen LogP contribution is 2.23. The normalized spacial score (nSPS) is 18.5. The average molecular weight is 1140 g/mol. The van der Waals surface area contributed by atoms with Crippen molar-refractivity contribution in [3.05, 3.63) is 48.6 Å². The number of unbranched alkanes of at least 4 members (excludes halogenated alkanes) is 40. The Morgan fingerprint density at radius 2 is 0.827 bits per heavy atom. The van der Waals surface area contributed by atoms with Crippen molar-refractivity contribution >= 4 is 11.9 Å². The van der Waals surface area contributed by atoms with Gasteiger partial charge in [-0.3, -0.25) is 9.59 Å². The largest absolute Gasteiger partial charge is 0.466 e. The molecule has 0 radical (unpaired) electrons. The van der Waals surface area contributed by atoms with Crippen LogP contribution >= 0.6 is 0 Å². The lowest BCUT2D eigenvalue weighted by molar-refractivity contribution is -0.302. The van der Waals surface area contributed by atoms with Gasteiger partial charge in [0.25, 0.3) is 0 Å². The minimum Gasteiger partial charge on any atom is -0.466 e. The fourth-order valence-corrected chi connectivity index (χ4v) is 10.7. The summed E-state index contributed by atoms with van der Waals surface area (Å²) in [6, 6.07) is -0.833. The van der Waals surface area contributed by atoms with Gasteiger partial charge in [-0.1, -0.05) is 281 Å². The van der Waals surface area contributed by atoms with Gasteiger partial charge < -0.3 is 45.1 Å². The lowest BCUT2D eigenvalue weighted by atomic mass is 9.99. The molecule has 7 atom stereocenters. The number of aliphatic hydroxyl groups excluding tert-OH is 5. The van der Waals surface area contributed by atoms with Gasteiger partial charge >= 0.3 is 5.97 Å². The first-order valence-electron chi connectivity index (χ1n) is 34.4. The summed E-state index contributed by atoms with van der Waals surface area (Å²) in [6.45, 7) is 4.27. The van der Waals surface area contributed by atoms with Crippen LogP contribution in [0.25, 0.3) is 0 Å². The van der Waals surface area contributed by atoms with E-state index < -0.39 is 49.5 Å². The van der Waals surface area contributed by atoms with Gasteiger partial charge in [-0.15, -0.1) is 0 Å². The third-order valence-corrected chi connectivity index (χ3v) is 16.1. The number of hydrogen-bond acceptors (Lipinski definition) is 10. The van der Waals surface area contributed by atoms with Gasteiger partial charge in [0.2, 0.25) is 5.91 Å². The molecule has 474 valence electrons. The van der Waals surface area contributed by atoms with Crippen LogP contribution in [0.3, 0.4) is 0 Å². The summed E-state index contributed by atoms with van der Waals surface area (Å²) < 4.78 is 16.7. The van der Waals surface area contributed by atoms with Gasteiger partial charge in [-0.2, -0.15) is 0 Å². The molecule has 1 heterocycles. The molecule has 1 rings (SSSR count). The molecule has 0 aliphatic carbocycles. The van der Waals surface area contributed by atoms with Gasteiger partial charge in [0.1, 0.15) is 24.4 Å². The average Bonchev–Trinajstić information content (AvgIpc) is 3.47. The van der Waals surface area contributed by atoms with Crippen molar-refractivity contribution in [3.63, 3.8) is 0 Å². The molecule has 1 aliphatic rings. The minimum absolute atomic E-state index is 0.00893. The van der Waals surface area contributed by atoms with Crippen molar-refractivity contribution in [2.45, 2.75) is 365 Å². The molecule has 0 spiro atoms. The maximum absolute atomic E-state index is 13.0. The molecule has 0 aromatic rings. The molecule has 0 saturated carbocycles. The predicted molar refractivity (Wildman–Crippen MR) is 338 cm³/mol. The molecule has 7 unspecified atom stereocenters. The summed E-state index contributed by atoms with van der Waals surface area (Å²) in [5, 5.41) is 54.3. The molecule has 1 saturated heterocycles. The van der Waals surface area contributed by atoms with Crippen molar-refractivity contribution in [2.75, 3.05) is 19.8 Å². The number of aliphatic hydroxyl groups is 5. The highest BCUT2D eigenvalue weighted by Gasteiger charge is 2.44. The summed E-state index contributed by atoms with van der Waals surface area (Å²) in [5.41, 5.74) is 0. The number of esters is 1. The van der Waals surface area contributed by atoms with Gasteiger partial charge in [0, 0.05) is 12.8 Å². The number of carbonyl (C=O) groups is 2. The van der Waals surface area contributed by atoms with Gasteiger partial charge in [0.05, 0.1) is 32.0 Å². The van der Waals surface area contributed by atoms with Gasteiger partial charge in [-0.05, 0) is 77.0 Å². The molecule has 0 bridgehead atoms. The van der Waals surface area contributed by atoms with Crippen LogP contribution in [0.1, 0.15) is 322 Å². The third-order valence-electron chi connectivity index (χ3n) is 16.1. The first kappa shape index (κ1) is 76.6. The Hall–Kier alpha value is -2.38. The van der Waals surface area contributed by atoms with E-state index in [1.54, 1.807) is 6.08 Å². The fraction of sp³-hybridized carbons (Fsp3) is 0.857. The lowest BCUT2D eigenvalue weighted by Gasteiger charge is -2.40. The van der Waals surface area contributed by atoms with E-state index in [1.807, 2.05) is 6.08 Å². The first-order chi connectivity index (χ1) is 39.7. The monoisotopic (exact) mass is 1140 g/mol. The zero-order chi connectivity index (χ0) is 58.7. The second-order valence-corrected chi connectivity index (χ2v) is 23.9. The van der Waals surface area contributed by atoms with E-state index in [4.69, 9.17) is 14.2 Å². The molecule has 11 nitrogen and oxygen atoms in total. The maximum Gasteiger partial charge on any atom is 0.305 e. The van der Waals surface area contributed by atoms with E-state index >= 15 is 0 Å². The molecule has 81 heavy (non-hydrogen) atoms. The number of amides is 1. The maximum atomic E-state index is 13.0. The fourth-order valence-electron chi connectivity index (χ4n) is 10.7. The van der Waals surface area contributed by atoms with Crippen LogP contribution in [-0.4, -0.2) is 100 Å². The van der Waals surface area contributed by atoms with E-state index in [-0.39, 0.29) is 18.5 Å². The zero-order valence-electron chi connectivity index (χ0n) is 52.5. The van der Waals surface area contributed by atoms with E-state index in [2.05, 4.69) is 55.6 Å². The quantitative estimate of drug-likeness (QED) is 0.0195. The highest BCUT2D eigenvalue weighted by atomic mass is 16.7. The summed E-state index contributed by atoms with van der Waals surface area (Å²) in [5.74, 6) is -0.186. The van der Waals surface area contributed by atoms with Crippen molar-refractivity contribution in [3.8, 4) is 0 Å². The van der Waals surface area contributed by atoms with E-state index in [1.165, 1.54) is 225 Å². The van der Waals surface area contributed by atoms with Crippen molar-refractivity contribution in [1.82, 2.24) is 5.32 Å². The summed E-state index contributed by atoms with van der Waals surface area (Å²) in [4.78, 5) is 25.0. The molecular weight excluding hydrogens is 1010 g/mol. The van der Waals surface area contributed by atoms with E-state index in [9.17, 15) is 35.1 Å². The SMILES string of the molecule is CCC/C=C/CC/C=C/CC/C=C/C(O)C(COC1OC(CO)C(O)C(O)C1O)NC(=O)CCCCCCCCCCCCCCCCC/C=C\CCCCCCCCCCCCCCOC(=O)CCCCCCCCCCCCC. The number of hydrogen-bond donors (Lipinski definition) is 6. The Labute approximate surface area is 497 Å². The molecule has 11 heteroatoms. The molecular formula is C70H129NO10. The van der Waals surface area contributed by atoms with E-state index in [0.717, 1.165) is 70.6 Å². The van der Waals surface area contributed by atoms with Crippen LogP contribution < -0.4 is 5.32 Å². The van der Waals surface area contributed by atoms with E-state index in [0.29, 0.717) is 19.4 Å². The first-order valence-corrected chi connectivity index (χ1v) is 34.4. The summed E-state index contributed by atoms with van der Waals surface area (Å²) >= 11 is 0. The van der Waals surface area contributed by atoms with Crippen LogP contribution in [0, 0.1) is 0 Å². The van der Waals surface area contributed by atoms with Crippen molar-refractivity contribution in [1.29, 1.82) is 0 Å². The smallest absolute Gasteiger partial charge is 0.305 e. The zero-order valence-corrected chi connectivity index (χ0v) is 52.5. The Morgan fingerprint density at radius 1 is 0.444 bits per heavy atom. The summed E-state index contributed by atoms with van der Waals surface area (Å²) in [6.07, 6.45) is 66.9. The Kier molecular flexibility index (Phi) is 56.2. The second-order valence-electron chi connectivity index (χ2n) is 23.9. The standard InChI is InChI=1S/C70H129NO10/c1-3-5-7-9-11-13-36-40-44-48-52-56-63(73)62(61-80-70-69(78)68(77)67(76)64(60-72)81-70)71-65(74)57-53-49-45-41-38-34-32-30-28-26-24-22-20-18-16-15-17-19-21-23-25-27-29-31-33-35-39-43-47-51-55-59-79-66(75)58-54-50-46-42-37-14-12-10-8-6-4-2/h7,9,17,19,36,40,52,56,62-64,67-70,72-73,76-78H,3-6,8,10-16,18,20-35,37-39,41-51,53-55,57-61H2,1-2H3,(H,71,74)/b9-7+,19-17-,40-36+,56-52+. The summed E-state index contributed by atoms with van der Waals surface area (Å²) in [7, 11) is 0. The molecule has 0 aromatic carbocycles. The Balaban J connectivity index is 1.96. The number of rotatable bonds is 60. The number of allylic oxidation sites excluding steroid dienone is 7. The van der Waals surface area contributed by atoms with Crippen LogP contribution in [-0.2, 0) is 23.8 Å². The third kappa shape index (κ3) is 48.5. The molecule has 0 aromatic heterocycles. The van der Waals surface area contributed by atoms with Crippen molar-refractivity contribution in [2.24, 2.45) is 0 Å². The Bertz CT molecular complexity index is 1480. The lowest BCUT2D eigenvalue weighted by Crippen LogP contribution is -2.60. The van der Waals surface area contributed by atoms with Crippen LogP contribution in [0.5, 0.6) is 0 Å². The minimum atomic E-state index is -1.58. The van der Waals surface area contributed by atoms with Gasteiger partial charge in [0.15, 0.2) is 6.29 Å². The van der Waals surface area contributed by atoms with Crippen molar-refractivity contribution < 1.29 is 49.3 Å². The van der Waals surface area contributed by atoms with Crippen LogP contribution in [0.4, 0.5) is 0 Å². The Morgan fingerprint density at radius 3 is 1.27 bits per heavy atom. The number of carbonyl (C=O) groups excluding carboxylic acids is 2. The van der Waals surface area contributed by atoms with Crippen LogP contribution in [0.2, 0.25) is 0 Å². The second kappa shape index (κ2) is 59.4. The molecule has 1 amide bonds. The number of ether oxygens (including phenoxy) is 3.